The molecule has 204 valence electrons. The second-order valence-electron chi connectivity index (χ2n) is 10.7. The molecule has 9 heteroatoms. The van der Waals surface area contributed by atoms with E-state index in [1.54, 1.807) is 20.8 Å². The van der Waals surface area contributed by atoms with Crippen molar-refractivity contribution >= 4 is 23.9 Å². The first-order chi connectivity index (χ1) is 18.0. The third kappa shape index (κ3) is 9.88. The van der Waals surface area contributed by atoms with Gasteiger partial charge in [-0.1, -0.05) is 73.5 Å². The molecule has 2 aromatic carbocycles. The van der Waals surface area contributed by atoms with Crippen LogP contribution in [0.2, 0.25) is 0 Å². The van der Waals surface area contributed by atoms with Crippen LogP contribution in [0.3, 0.4) is 0 Å². The van der Waals surface area contributed by atoms with Crippen LogP contribution in [0.25, 0.3) is 0 Å². The summed E-state index contributed by atoms with van der Waals surface area (Å²) in [6, 6.07) is 15.2. The number of carbonyl (C=O) groups is 4. The molecule has 0 heterocycles. The summed E-state index contributed by atoms with van der Waals surface area (Å²) in [4.78, 5) is 51.1. The van der Waals surface area contributed by atoms with E-state index in [1.807, 2.05) is 60.7 Å². The van der Waals surface area contributed by atoms with Crippen molar-refractivity contribution < 1.29 is 29.0 Å². The SMILES string of the molecule is CC(C)(C)OC(=O)NC(Cc1ccccc1)C(=O)NC(Cc1ccccc1)C(=O)NC(CC1CC1)C(=O)O. The second-order valence-corrected chi connectivity index (χ2v) is 10.7. The quantitative estimate of drug-likeness (QED) is 0.338. The number of ether oxygens (including phenoxy) is 1. The van der Waals surface area contributed by atoms with Gasteiger partial charge in [-0.05, 0) is 44.2 Å². The summed E-state index contributed by atoms with van der Waals surface area (Å²) < 4.78 is 5.35. The van der Waals surface area contributed by atoms with E-state index < -0.39 is 47.6 Å². The number of hydrogen-bond acceptors (Lipinski definition) is 5. The zero-order valence-corrected chi connectivity index (χ0v) is 22.1. The number of benzene rings is 2. The zero-order valence-electron chi connectivity index (χ0n) is 22.1. The standard InChI is InChI=1S/C29H37N3O6/c1-29(2,3)38-28(37)32-23(17-20-12-8-5-9-13-20)26(34)30-22(16-19-10-6-4-7-11-19)25(33)31-24(27(35)36)18-21-14-15-21/h4-13,21-24H,14-18H2,1-3H3,(H,30,34)(H,31,33)(H,32,37)(H,35,36). The Hall–Kier alpha value is -3.88. The Morgan fingerprint density at radius 3 is 1.66 bits per heavy atom. The van der Waals surface area contributed by atoms with E-state index in [1.165, 1.54) is 0 Å². The van der Waals surface area contributed by atoms with Gasteiger partial charge in [0.15, 0.2) is 0 Å². The first-order valence-electron chi connectivity index (χ1n) is 12.9. The van der Waals surface area contributed by atoms with Crippen LogP contribution in [-0.4, -0.2) is 52.7 Å². The van der Waals surface area contributed by atoms with Gasteiger partial charge in [-0.25, -0.2) is 9.59 Å². The molecule has 4 N–H and O–H groups in total. The Morgan fingerprint density at radius 1 is 0.789 bits per heavy atom. The van der Waals surface area contributed by atoms with Gasteiger partial charge in [0.25, 0.3) is 0 Å². The lowest BCUT2D eigenvalue weighted by atomic mass is 10.0. The number of rotatable bonds is 12. The lowest BCUT2D eigenvalue weighted by Crippen LogP contribution is -2.57. The van der Waals surface area contributed by atoms with E-state index in [9.17, 15) is 24.3 Å². The van der Waals surface area contributed by atoms with Crippen LogP contribution in [0.5, 0.6) is 0 Å². The lowest BCUT2D eigenvalue weighted by molar-refractivity contribution is -0.142. The van der Waals surface area contributed by atoms with Gasteiger partial charge in [0.2, 0.25) is 11.8 Å². The minimum Gasteiger partial charge on any atom is -0.480 e. The van der Waals surface area contributed by atoms with Crippen LogP contribution in [0.15, 0.2) is 60.7 Å². The van der Waals surface area contributed by atoms with Gasteiger partial charge in [0.05, 0.1) is 0 Å². The Labute approximate surface area is 223 Å². The fourth-order valence-electron chi connectivity index (χ4n) is 4.02. The molecule has 3 atom stereocenters. The molecule has 0 saturated heterocycles. The van der Waals surface area contributed by atoms with Crippen LogP contribution in [0, 0.1) is 5.92 Å². The summed E-state index contributed by atoms with van der Waals surface area (Å²) in [5.41, 5.74) is 0.839. The fraction of sp³-hybridized carbons (Fsp3) is 0.448. The fourth-order valence-corrected chi connectivity index (χ4v) is 4.02. The molecule has 1 aliphatic carbocycles. The monoisotopic (exact) mass is 523 g/mol. The Bertz CT molecular complexity index is 1100. The number of carboxylic acids is 1. The van der Waals surface area contributed by atoms with E-state index in [0.717, 1.165) is 24.0 Å². The number of hydrogen-bond donors (Lipinski definition) is 4. The van der Waals surface area contributed by atoms with Crippen molar-refractivity contribution in [3.8, 4) is 0 Å². The Morgan fingerprint density at radius 2 is 1.24 bits per heavy atom. The van der Waals surface area contributed by atoms with E-state index in [-0.39, 0.29) is 18.8 Å². The highest BCUT2D eigenvalue weighted by molar-refractivity contribution is 5.93. The summed E-state index contributed by atoms with van der Waals surface area (Å²) in [5.74, 6) is -1.99. The number of carbonyl (C=O) groups excluding carboxylic acids is 3. The maximum Gasteiger partial charge on any atom is 0.408 e. The predicted octanol–water partition coefficient (Wildman–Crippen LogP) is 3.22. The molecule has 1 aliphatic rings. The highest BCUT2D eigenvalue weighted by Gasteiger charge is 2.33. The average Bonchev–Trinajstić information content (AvgIpc) is 3.67. The van der Waals surface area contributed by atoms with E-state index in [0.29, 0.717) is 6.42 Å². The first kappa shape index (κ1) is 28.7. The van der Waals surface area contributed by atoms with Gasteiger partial charge in [-0.15, -0.1) is 0 Å². The van der Waals surface area contributed by atoms with Crippen LogP contribution in [0.4, 0.5) is 4.79 Å². The number of nitrogens with one attached hydrogen (secondary N) is 3. The molecular weight excluding hydrogens is 486 g/mol. The summed E-state index contributed by atoms with van der Waals surface area (Å²) in [6.45, 7) is 5.17. The van der Waals surface area contributed by atoms with Crippen molar-refractivity contribution in [1.29, 1.82) is 0 Å². The maximum absolute atomic E-state index is 13.5. The summed E-state index contributed by atoms with van der Waals surface area (Å²) in [7, 11) is 0. The molecule has 0 bridgehead atoms. The molecule has 2 aromatic rings. The normalized spacial score (nSPS) is 15.4. The Balaban J connectivity index is 1.79. The molecule has 9 nitrogen and oxygen atoms in total. The lowest BCUT2D eigenvalue weighted by Gasteiger charge is -2.26. The molecule has 1 saturated carbocycles. The van der Waals surface area contributed by atoms with Gasteiger partial charge >= 0.3 is 12.1 Å². The van der Waals surface area contributed by atoms with Crippen molar-refractivity contribution in [3.63, 3.8) is 0 Å². The minimum atomic E-state index is -1.11. The van der Waals surface area contributed by atoms with Gasteiger partial charge in [0.1, 0.15) is 23.7 Å². The van der Waals surface area contributed by atoms with Crippen molar-refractivity contribution in [2.24, 2.45) is 5.92 Å². The van der Waals surface area contributed by atoms with Crippen molar-refractivity contribution in [2.45, 2.75) is 76.6 Å². The van der Waals surface area contributed by atoms with E-state index >= 15 is 0 Å². The second kappa shape index (κ2) is 13.1. The van der Waals surface area contributed by atoms with Gasteiger partial charge in [-0.2, -0.15) is 0 Å². The van der Waals surface area contributed by atoms with Gasteiger partial charge in [-0.3, -0.25) is 9.59 Å². The molecular formula is C29H37N3O6. The number of amides is 3. The highest BCUT2D eigenvalue weighted by atomic mass is 16.6. The zero-order chi connectivity index (χ0) is 27.7. The van der Waals surface area contributed by atoms with Crippen molar-refractivity contribution in [2.75, 3.05) is 0 Å². The van der Waals surface area contributed by atoms with E-state index in [2.05, 4.69) is 16.0 Å². The molecule has 3 unspecified atom stereocenters. The molecule has 0 spiro atoms. The maximum atomic E-state index is 13.5. The van der Waals surface area contributed by atoms with Crippen molar-refractivity contribution in [1.82, 2.24) is 16.0 Å². The van der Waals surface area contributed by atoms with Crippen LogP contribution >= 0.6 is 0 Å². The first-order valence-corrected chi connectivity index (χ1v) is 12.9. The topological polar surface area (TPSA) is 134 Å². The molecule has 0 aromatic heterocycles. The molecule has 3 amide bonds. The number of aliphatic carboxylic acids is 1. The number of carboxylic acid groups (broad SMARTS) is 1. The summed E-state index contributed by atoms with van der Waals surface area (Å²) >= 11 is 0. The summed E-state index contributed by atoms with van der Waals surface area (Å²) in [6.07, 6.45) is 1.81. The smallest absolute Gasteiger partial charge is 0.408 e. The molecule has 38 heavy (non-hydrogen) atoms. The highest BCUT2D eigenvalue weighted by Crippen LogP contribution is 2.33. The predicted molar refractivity (Wildman–Crippen MR) is 142 cm³/mol. The third-order valence-corrected chi connectivity index (χ3v) is 6.09. The molecule has 0 radical (unpaired) electrons. The van der Waals surface area contributed by atoms with Crippen LogP contribution in [0.1, 0.15) is 51.2 Å². The third-order valence-electron chi connectivity index (χ3n) is 6.09. The van der Waals surface area contributed by atoms with Crippen molar-refractivity contribution in [3.05, 3.63) is 71.8 Å². The van der Waals surface area contributed by atoms with Crippen LogP contribution in [-0.2, 0) is 32.0 Å². The summed E-state index contributed by atoms with van der Waals surface area (Å²) in [5, 5.41) is 17.6. The van der Waals surface area contributed by atoms with Gasteiger partial charge < -0.3 is 25.8 Å². The van der Waals surface area contributed by atoms with Crippen LogP contribution < -0.4 is 16.0 Å². The van der Waals surface area contributed by atoms with Gasteiger partial charge in [0, 0.05) is 12.8 Å². The molecule has 3 rings (SSSR count). The average molecular weight is 524 g/mol. The molecule has 1 fully saturated rings. The number of alkyl carbamates (subject to hydrolysis) is 1. The van der Waals surface area contributed by atoms with E-state index in [4.69, 9.17) is 4.74 Å². The molecule has 0 aliphatic heterocycles. The Kier molecular flexibility index (Phi) is 9.87. The largest absolute Gasteiger partial charge is 0.480 e. The minimum absolute atomic E-state index is 0.151.